The third-order valence-electron chi connectivity index (χ3n) is 7.01. The minimum atomic E-state index is -0.461. The van der Waals surface area contributed by atoms with Crippen LogP contribution in [0.5, 0.6) is 5.75 Å². The number of fused-ring (bicyclic) bond motifs is 3. The van der Waals surface area contributed by atoms with E-state index in [-0.39, 0.29) is 29.2 Å². The number of hydrogen-bond acceptors (Lipinski definition) is 4. The molecule has 0 radical (unpaired) electrons. The van der Waals surface area contributed by atoms with Crippen LogP contribution in [0.15, 0.2) is 12.1 Å². The molecule has 148 valence electrons. The van der Waals surface area contributed by atoms with Crippen molar-refractivity contribution >= 4 is 11.9 Å². The van der Waals surface area contributed by atoms with Crippen LogP contribution < -0.4 is 4.74 Å². The van der Waals surface area contributed by atoms with E-state index in [0.717, 1.165) is 37.7 Å². The molecule has 1 aromatic carbocycles. The molecule has 0 saturated heterocycles. The molecule has 1 fully saturated rings. The zero-order chi connectivity index (χ0) is 20.0. The maximum Gasteiger partial charge on any atom is 0.311 e. The summed E-state index contributed by atoms with van der Waals surface area (Å²) in [5.74, 6) is 0.789. The van der Waals surface area contributed by atoms with Gasteiger partial charge in [0.25, 0.3) is 0 Å². The van der Waals surface area contributed by atoms with E-state index in [0.29, 0.717) is 5.75 Å². The molecule has 0 heterocycles. The molecular weight excluding hydrogens is 340 g/mol. The van der Waals surface area contributed by atoms with Crippen molar-refractivity contribution in [3.63, 3.8) is 0 Å². The van der Waals surface area contributed by atoms with Crippen LogP contribution in [-0.4, -0.2) is 19.0 Å². The number of esters is 2. The van der Waals surface area contributed by atoms with Gasteiger partial charge in [0.2, 0.25) is 0 Å². The normalized spacial score (nSPS) is 29.7. The smallest absolute Gasteiger partial charge is 0.311 e. The predicted octanol–water partition coefficient (Wildman–Crippen LogP) is 4.92. The van der Waals surface area contributed by atoms with Crippen LogP contribution in [0.25, 0.3) is 0 Å². The Balaban J connectivity index is 2.13. The largest absolute Gasteiger partial charge is 0.469 e. The number of carbonyl (C=O) groups is 2. The first kappa shape index (κ1) is 19.9. The van der Waals surface area contributed by atoms with Gasteiger partial charge in [-0.25, -0.2) is 0 Å². The van der Waals surface area contributed by atoms with Gasteiger partial charge in [-0.1, -0.05) is 33.3 Å². The fourth-order valence-corrected chi connectivity index (χ4v) is 5.69. The Kier molecular flexibility index (Phi) is 5.13. The highest BCUT2D eigenvalue weighted by Crippen LogP contribution is 2.58. The summed E-state index contributed by atoms with van der Waals surface area (Å²) in [6.07, 6.45) is 4.84. The second-order valence-corrected chi connectivity index (χ2v) is 9.07. The summed E-state index contributed by atoms with van der Waals surface area (Å²) in [4.78, 5) is 24.3. The molecule has 1 aromatic rings. The van der Waals surface area contributed by atoms with Crippen LogP contribution in [0.2, 0.25) is 0 Å². The summed E-state index contributed by atoms with van der Waals surface area (Å²) in [7, 11) is 1.49. The second-order valence-electron chi connectivity index (χ2n) is 9.07. The molecule has 3 rings (SSSR count). The van der Waals surface area contributed by atoms with Crippen LogP contribution in [0.3, 0.4) is 0 Å². The summed E-state index contributed by atoms with van der Waals surface area (Å²) < 4.78 is 10.8. The lowest BCUT2D eigenvalue weighted by Crippen LogP contribution is -2.52. The third kappa shape index (κ3) is 3.17. The predicted molar refractivity (Wildman–Crippen MR) is 105 cm³/mol. The maximum absolute atomic E-state index is 12.7. The first-order valence-electron chi connectivity index (χ1n) is 10.1. The molecule has 3 unspecified atom stereocenters. The van der Waals surface area contributed by atoms with Crippen molar-refractivity contribution in [3.05, 3.63) is 28.8 Å². The van der Waals surface area contributed by atoms with Crippen LogP contribution in [-0.2, 0) is 26.2 Å². The van der Waals surface area contributed by atoms with Gasteiger partial charge in [0.1, 0.15) is 5.75 Å². The lowest BCUT2D eigenvalue weighted by Gasteiger charge is -2.54. The highest BCUT2D eigenvalue weighted by molar-refractivity contribution is 5.77. The van der Waals surface area contributed by atoms with Gasteiger partial charge in [0.15, 0.2) is 0 Å². The molecule has 0 bridgehead atoms. The average Bonchev–Trinajstić information content (AvgIpc) is 2.60. The molecule has 1 saturated carbocycles. The summed E-state index contributed by atoms with van der Waals surface area (Å²) in [5.41, 5.74) is 3.09. The van der Waals surface area contributed by atoms with Gasteiger partial charge < -0.3 is 9.47 Å². The molecule has 0 N–H and O–H groups in total. The Morgan fingerprint density at radius 1 is 1.19 bits per heavy atom. The van der Waals surface area contributed by atoms with Crippen molar-refractivity contribution in [1.82, 2.24) is 0 Å². The van der Waals surface area contributed by atoms with Crippen molar-refractivity contribution in [3.8, 4) is 5.75 Å². The van der Waals surface area contributed by atoms with Gasteiger partial charge in [-0.2, -0.15) is 0 Å². The van der Waals surface area contributed by atoms with Gasteiger partial charge in [-0.15, -0.1) is 0 Å². The van der Waals surface area contributed by atoms with Gasteiger partial charge in [0.05, 0.1) is 12.5 Å². The van der Waals surface area contributed by atoms with E-state index in [2.05, 4.69) is 39.8 Å². The molecule has 2 aliphatic carbocycles. The van der Waals surface area contributed by atoms with E-state index in [1.165, 1.54) is 25.2 Å². The van der Waals surface area contributed by atoms with Gasteiger partial charge in [0, 0.05) is 6.92 Å². The Morgan fingerprint density at radius 2 is 1.89 bits per heavy atom. The molecule has 0 aliphatic heterocycles. The number of methoxy groups -OCH3 is 1. The van der Waals surface area contributed by atoms with Crippen molar-refractivity contribution in [2.24, 2.45) is 11.3 Å². The zero-order valence-corrected chi connectivity index (χ0v) is 17.5. The molecule has 0 aromatic heterocycles. The number of carbonyl (C=O) groups excluding carboxylic acids is 2. The number of hydrogen-bond donors (Lipinski definition) is 0. The highest BCUT2D eigenvalue weighted by Gasteiger charge is 2.55. The summed E-state index contributed by atoms with van der Waals surface area (Å²) >= 11 is 0. The van der Waals surface area contributed by atoms with Gasteiger partial charge in [-0.3, -0.25) is 9.59 Å². The minimum absolute atomic E-state index is 0.0964. The van der Waals surface area contributed by atoms with Crippen molar-refractivity contribution in [2.75, 3.05) is 7.11 Å². The number of aryl methyl sites for hydroxylation is 1. The lowest BCUT2D eigenvalue weighted by atomic mass is 9.49. The van der Waals surface area contributed by atoms with E-state index < -0.39 is 5.41 Å². The Hall–Kier alpha value is -1.84. The first-order valence-corrected chi connectivity index (χ1v) is 10.1. The molecule has 4 nitrogen and oxygen atoms in total. The molecule has 4 heteroatoms. The van der Waals surface area contributed by atoms with Gasteiger partial charge >= 0.3 is 11.9 Å². The van der Waals surface area contributed by atoms with E-state index in [4.69, 9.17) is 9.47 Å². The third-order valence-corrected chi connectivity index (χ3v) is 7.01. The quantitative estimate of drug-likeness (QED) is 0.558. The highest BCUT2D eigenvalue weighted by atomic mass is 16.5. The fourth-order valence-electron chi connectivity index (χ4n) is 5.69. The second kappa shape index (κ2) is 6.96. The SMILES string of the molecule is COC(=O)C1(C)CCCC2(C)c3cc(OC(C)=O)c(C(C)C)cc3CCC12. The van der Waals surface area contributed by atoms with Crippen LogP contribution in [0.4, 0.5) is 0 Å². The number of benzene rings is 1. The molecule has 0 amide bonds. The molecule has 0 spiro atoms. The van der Waals surface area contributed by atoms with E-state index in [1.54, 1.807) is 0 Å². The van der Waals surface area contributed by atoms with Crippen molar-refractivity contribution < 1.29 is 19.1 Å². The van der Waals surface area contributed by atoms with Crippen LogP contribution in [0.1, 0.15) is 82.9 Å². The first-order chi connectivity index (χ1) is 12.6. The topological polar surface area (TPSA) is 52.6 Å². The minimum Gasteiger partial charge on any atom is -0.469 e. The summed E-state index contributed by atoms with van der Waals surface area (Å²) in [6.45, 7) is 10.0. The number of rotatable bonds is 3. The van der Waals surface area contributed by atoms with Crippen LogP contribution in [0, 0.1) is 11.3 Å². The Bertz CT molecular complexity index is 766. The fraction of sp³-hybridized carbons (Fsp3) is 0.652. The van der Waals surface area contributed by atoms with E-state index in [1.807, 2.05) is 0 Å². The molecule has 27 heavy (non-hydrogen) atoms. The average molecular weight is 373 g/mol. The number of ether oxygens (including phenoxy) is 2. The maximum atomic E-state index is 12.7. The van der Waals surface area contributed by atoms with Crippen molar-refractivity contribution in [2.45, 2.75) is 78.1 Å². The van der Waals surface area contributed by atoms with E-state index >= 15 is 0 Å². The Morgan fingerprint density at radius 3 is 2.48 bits per heavy atom. The van der Waals surface area contributed by atoms with E-state index in [9.17, 15) is 9.59 Å². The lowest BCUT2D eigenvalue weighted by molar-refractivity contribution is -0.161. The summed E-state index contributed by atoms with van der Waals surface area (Å²) in [5, 5.41) is 0. The summed E-state index contributed by atoms with van der Waals surface area (Å²) in [6, 6.07) is 4.31. The molecular formula is C23H32O4. The standard InChI is InChI=1S/C23H32O4/c1-14(2)17-12-16-8-9-20-22(4,18(16)13-19(17)27-15(3)24)10-7-11-23(20,5)21(25)26-6/h12-14,20H,7-11H2,1-6H3. The Labute approximate surface area is 162 Å². The van der Waals surface area contributed by atoms with Gasteiger partial charge in [-0.05, 0) is 72.6 Å². The monoisotopic (exact) mass is 372 g/mol. The van der Waals surface area contributed by atoms with Crippen LogP contribution >= 0.6 is 0 Å². The zero-order valence-electron chi connectivity index (χ0n) is 17.5. The molecule has 2 aliphatic rings. The van der Waals surface area contributed by atoms with Crippen molar-refractivity contribution in [1.29, 1.82) is 0 Å². The molecule has 3 atom stereocenters.